The third-order valence-corrected chi connectivity index (χ3v) is 4.07. The predicted octanol–water partition coefficient (Wildman–Crippen LogP) is 3.52. The molecule has 0 spiro atoms. The van der Waals surface area contributed by atoms with Gasteiger partial charge >= 0.3 is 6.03 Å². The largest absolute Gasteiger partial charge is 0.385 e. The van der Waals surface area contributed by atoms with Crippen molar-refractivity contribution in [2.45, 2.75) is 19.9 Å². The number of pyridine rings is 1. The molecule has 2 amide bonds. The van der Waals surface area contributed by atoms with E-state index in [0.717, 1.165) is 17.0 Å². The first kappa shape index (κ1) is 16.5. The fourth-order valence-electron chi connectivity index (χ4n) is 2.05. The van der Waals surface area contributed by atoms with Crippen LogP contribution in [0.1, 0.15) is 16.9 Å². The first-order valence-electron chi connectivity index (χ1n) is 7.19. The molecule has 0 unspecified atom stereocenters. The van der Waals surface area contributed by atoms with E-state index >= 15 is 0 Å². The first-order chi connectivity index (χ1) is 10.7. The Bertz CT molecular complexity index is 586. The van der Waals surface area contributed by atoms with E-state index in [4.69, 9.17) is 4.74 Å². The molecule has 6 heteroatoms. The number of thiophene rings is 1. The SMILES string of the molecule is COCCCN(Cc1ccncc1)C(=O)Nc1ccc(C)s1. The molecule has 0 aromatic carbocycles. The lowest BCUT2D eigenvalue weighted by Crippen LogP contribution is -2.35. The van der Waals surface area contributed by atoms with Crippen LogP contribution in [-0.4, -0.2) is 36.2 Å². The van der Waals surface area contributed by atoms with Crippen LogP contribution in [0.2, 0.25) is 0 Å². The van der Waals surface area contributed by atoms with Gasteiger partial charge in [0.2, 0.25) is 0 Å². The number of anilines is 1. The second-order valence-electron chi connectivity index (χ2n) is 4.96. The first-order valence-corrected chi connectivity index (χ1v) is 8.01. The summed E-state index contributed by atoms with van der Waals surface area (Å²) in [6.07, 6.45) is 4.28. The maximum atomic E-state index is 12.5. The Balaban J connectivity index is 2.00. The lowest BCUT2D eigenvalue weighted by atomic mass is 10.2. The minimum atomic E-state index is -0.0882. The van der Waals surface area contributed by atoms with Crippen LogP contribution < -0.4 is 5.32 Å². The number of carbonyl (C=O) groups is 1. The highest BCUT2D eigenvalue weighted by molar-refractivity contribution is 7.16. The van der Waals surface area contributed by atoms with Crippen molar-refractivity contribution in [1.82, 2.24) is 9.88 Å². The lowest BCUT2D eigenvalue weighted by Gasteiger charge is -2.22. The number of aryl methyl sites for hydroxylation is 1. The van der Waals surface area contributed by atoms with Crippen LogP contribution in [0, 0.1) is 6.92 Å². The number of amides is 2. The minimum Gasteiger partial charge on any atom is -0.385 e. The standard InChI is InChI=1S/C16H21N3O2S/c1-13-4-5-15(22-13)18-16(20)19(10-3-11-21-2)12-14-6-8-17-9-7-14/h4-9H,3,10-12H2,1-2H3,(H,18,20). The summed E-state index contributed by atoms with van der Waals surface area (Å²) in [6, 6.07) is 7.68. The Labute approximate surface area is 134 Å². The summed E-state index contributed by atoms with van der Waals surface area (Å²) in [6.45, 7) is 3.86. The van der Waals surface area contributed by atoms with E-state index in [1.54, 1.807) is 35.7 Å². The van der Waals surface area contributed by atoms with E-state index in [-0.39, 0.29) is 6.03 Å². The fourth-order valence-corrected chi connectivity index (χ4v) is 2.80. The third-order valence-electron chi connectivity index (χ3n) is 3.16. The van der Waals surface area contributed by atoms with Crippen LogP contribution in [0.15, 0.2) is 36.7 Å². The van der Waals surface area contributed by atoms with Gasteiger partial charge in [0.1, 0.15) is 0 Å². The zero-order valence-electron chi connectivity index (χ0n) is 12.9. The minimum absolute atomic E-state index is 0.0882. The topological polar surface area (TPSA) is 54.5 Å². The number of ether oxygens (including phenoxy) is 1. The van der Waals surface area contributed by atoms with Gasteiger partial charge in [-0.15, -0.1) is 11.3 Å². The van der Waals surface area contributed by atoms with Crippen LogP contribution in [0.25, 0.3) is 0 Å². The molecule has 0 saturated heterocycles. The summed E-state index contributed by atoms with van der Waals surface area (Å²) < 4.78 is 5.08. The molecule has 118 valence electrons. The molecule has 2 aromatic heterocycles. The number of hydrogen-bond donors (Lipinski definition) is 1. The second kappa shape index (κ2) is 8.51. The maximum Gasteiger partial charge on any atom is 0.322 e. The summed E-state index contributed by atoms with van der Waals surface area (Å²) >= 11 is 1.57. The van der Waals surface area contributed by atoms with Crippen LogP contribution in [0.4, 0.5) is 9.80 Å². The van der Waals surface area contributed by atoms with Gasteiger partial charge in [0.15, 0.2) is 0 Å². The molecule has 1 N–H and O–H groups in total. The molecule has 0 aliphatic rings. The van der Waals surface area contributed by atoms with E-state index in [1.165, 1.54) is 4.88 Å². The summed E-state index contributed by atoms with van der Waals surface area (Å²) in [7, 11) is 1.67. The van der Waals surface area contributed by atoms with Crippen molar-refractivity contribution in [3.05, 3.63) is 47.1 Å². The highest BCUT2D eigenvalue weighted by Crippen LogP contribution is 2.21. The quantitative estimate of drug-likeness (QED) is 0.794. The number of methoxy groups -OCH3 is 1. The highest BCUT2D eigenvalue weighted by atomic mass is 32.1. The zero-order valence-corrected chi connectivity index (χ0v) is 13.7. The van der Waals surface area contributed by atoms with Gasteiger partial charge in [0.05, 0.1) is 5.00 Å². The van der Waals surface area contributed by atoms with E-state index in [0.29, 0.717) is 19.7 Å². The number of carbonyl (C=O) groups excluding carboxylic acids is 1. The smallest absolute Gasteiger partial charge is 0.322 e. The summed E-state index contributed by atoms with van der Waals surface area (Å²) in [5, 5.41) is 3.83. The van der Waals surface area contributed by atoms with Crippen molar-refractivity contribution >= 4 is 22.4 Å². The molecule has 5 nitrogen and oxygen atoms in total. The van der Waals surface area contributed by atoms with Gasteiger partial charge in [-0.05, 0) is 43.2 Å². The highest BCUT2D eigenvalue weighted by Gasteiger charge is 2.14. The average Bonchev–Trinajstić information content (AvgIpc) is 2.92. The number of urea groups is 1. The van der Waals surface area contributed by atoms with Gasteiger partial charge in [0, 0.05) is 44.1 Å². The van der Waals surface area contributed by atoms with Crippen molar-refractivity contribution in [2.24, 2.45) is 0 Å². The van der Waals surface area contributed by atoms with Crippen molar-refractivity contribution in [2.75, 3.05) is 25.6 Å². The van der Waals surface area contributed by atoms with Gasteiger partial charge in [-0.25, -0.2) is 4.79 Å². The molecule has 0 saturated carbocycles. The van der Waals surface area contributed by atoms with Crippen LogP contribution in [0.5, 0.6) is 0 Å². The molecule has 0 atom stereocenters. The Hall–Kier alpha value is -1.92. The average molecular weight is 319 g/mol. The maximum absolute atomic E-state index is 12.5. The summed E-state index contributed by atoms with van der Waals surface area (Å²) in [4.78, 5) is 19.5. The predicted molar refractivity (Wildman–Crippen MR) is 89.2 cm³/mol. The Morgan fingerprint density at radius 2 is 2.09 bits per heavy atom. The Kier molecular flexibility index (Phi) is 6.36. The van der Waals surface area contributed by atoms with Crippen molar-refractivity contribution in [3.8, 4) is 0 Å². The third kappa shape index (κ3) is 5.13. The molecule has 0 fully saturated rings. The van der Waals surface area contributed by atoms with Crippen LogP contribution in [-0.2, 0) is 11.3 Å². The van der Waals surface area contributed by atoms with E-state index in [9.17, 15) is 4.79 Å². The van der Waals surface area contributed by atoms with Crippen molar-refractivity contribution < 1.29 is 9.53 Å². The molecule has 22 heavy (non-hydrogen) atoms. The molecule has 0 aliphatic carbocycles. The number of nitrogens with one attached hydrogen (secondary N) is 1. The molecule has 0 bridgehead atoms. The fraction of sp³-hybridized carbons (Fsp3) is 0.375. The second-order valence-corrected chi connectivity index (χ2v) is 6.25. The van der Waals surface area contributed by atoms with Crippen LogP contribution in [0.3, 0.4) is 0 Å². The lowest BCUT2D eigenvalue weighted by molar-refractivity contribution is 0.171. The van der Waals surface area contributed by atoms with Crippen LogP contribution >= 0.6 is 11.3 Å². The van der Waals surface area contributed by atoms with Gasteiger partial charge < -0.3 is 9.64 Å². The number of hydrogen-bond acceptors (Lipinski definition) is 4. The number of rotatable bonds is 7. The normalized spacial score (nSPS) is 10.5. The summed E-state index contributed by atoms with van der Waals surface area (Å²) in [5.41, 5.74) is 1.06. The summed E-state index contributed by atoms with van der Waals surface area (Å²) in [5.74, 6) is 0. The molecular formula is C16H21N3O2S. The molecular weight excluding hydrogens is 298 g/mol. The number of nitrogens with zero attached hydrogens (tertiary/aromatic N) is 2. The Morgan fingerprint density at radius 3 is 2.73 bits per heavy atom. The van der Waals surface area contributed by atoms with Gasteiger partial charge in [-0.2, -0.15) is 0 Å². The van der Waals surface area contributed by atoms with E-state index in [2.05, 4.69) is 10.3 Å². The van der Waals surface area contributed by atoms with Crippen molar-refractivity contribution in [3.63, 3.8) is 0 Å². The van der Waals surface area contributed by atoms with E-state index in [1.807, 2.05) is 31.2 Å². The molecule has 2 rings (SSSR count). The zero-order chi connectivity index (χ0) is 15.8. The molecule has 0 radical (unpaired) electrons. The van der Waals surface area contributed by atoms with Crippen molar-refractivity contribution in [1.29, 1.82) is 0 Å². The number of aromatic nitrogens is 1. The Morgan fingerprint density at radius 1 is 1.32 bits per heavy atom. The molecule has 2 aromatic rings. The van der Waals surface area contributed by atoms with Gasteiger partial charge in [-0.3, -0.25) is 10.3 Å². The van der Waals surface area contributed by atoms with E-state index < -0.39 is 0 Å². The van der Waals surface area contributed by atoms with Gasteiger partial charge in [0.25, 0.3) is 0 Å². The molecule has 2 heterocycles. The molecule has 0 aliphatic heterocycles. The monoisotopic (exact) mass is 319 g/mol. The van der Waals surface area contributed by atoms with Gasteiger partial charge in [-0.1, -0.05) is 0 Å².